The van der Waals surface area contributed by atoms with Crippen LogP contribution in [0, 0.1) is 34.5 Å². The second-order valence-corrected chi connectivity index (χ2v) is 15.6. The molecule has 5 rings (SSSR count). The van der Waals surface area contributed by atoms with Crippen LogP contribution in [0.3, 0.4) is 0 Å². The Morgan fingerprint density at radius 2 is 1.67 bits per heavy atom. The minimum absolute atomic E-state index is 0.0323. The normalized spacial score (nSPS) is 35.0. The Labute approximate surface area is 273 Å². The van der Waals surface area contributed by atoms with Crippen LogP contribution in [-0.4, -0.2) is 52.2 Å². The van der Waals surface area contributed by atoms with Crippen LogP contribution < -0.4 is 0 Å². The molecule has 3 fully saturated rings. The van der Waals surface area contributed by atoms with Gasteiger partial charge in [0.15, 0.2) is 5.78 Å². The van der Waals surface area contributed by atoms with Crippen molar-refractivity contribution < 1.29 is 38.5 Å². The van der Waals surface area contributed by atoms with Crippen molar-refractivity contribution in [1.29, 1.82) is 0 Å². The van der Waals surface area contributed by atoms with Crippen molar-refractivity contribution in [3.8, 4) is 0 Å². The van der Waals surface area contributed by atoms with Gasteiger partial charge in [0.2, 0.25) is 0 Å². The van der Waals surface area contributed by atoms with Gasteiger partial charge in [0.05, 0.1) is 11.2 Å². The van der Waals surface area contributed by atoms with E-state index in [2.05, 4.69) is 20.8 Å². The molecule has 252 valence electrons. The molecule has 0 unspecified atom stereocenters. The number of aliphatic hydroxyl groups is 1. The van der Waals surface area contributed by atoms with E-state index in [4.69, 9.17) is 14.2 Å². The molecule has 0 aliphatic heterocycles. The van der Waals surface area contributed by atoms with Gasteiger partial charge in [-0.05, 0) is 119 Å². The standard InChI is InChI=1S/C38H52O8/c1-23(33(45-25(3)40)16-17-35(4,5)46-34(42)26-11-9-8-10-12-26)28-15-20-38(43)30-22-32(41)31-21-27(44-24(2)39)13-18-36(31,6)29(30)14-19-37(28,38)7/h8-12,22-23,27-29,31,33,43H,13-21H2,1-7H3/t23-,27-,28+,29-,31+,33+,36+,37+,38+/m0/s1. The highest BCUT2D eigenvalue weighted by molar-refractivity contribution is 5.95. The second-order valence-electron chi connectivity index (χ2n) is 15.6. The number of esters is 3. The van der Waals surface area contributed by atoms with E-state index >= 15 is 0 Å². The van der Waals surface area contributed by atoms with Crippen LogP contribution in [-0.2, 0) is 28.6 Å². The van der Waals surface area contributed by atoms with Gasteiger partial charge in [0.1, 0.15) is 17.8 Å². The first-order valence-corrected chi connectivity index (χ1v) is 17.1. The third kappa shape index (κ3) is 6.18. The summed E-state index contributed by atoms with van der Waals surface area (Å²) >= 11 is 0. The van der Waals surface area contributed by atoms with Crippen molar-refractivity contribution in [2.75, 3.05) is 0 Å². The first kappa shape index (κ1) is 34.3. The predicted octanol–water partition coefficient (Wildman–Crippen LogP) is 6.77. The lowest BCUT2D eigenvalue weighted by Crippen LogP contribution is -2.59. The van der Waals surface area contributed by atoms with Crippen molar-refractivity contribution in [3.05, 3.63) is 47.5 Å². The molecule has 8 heteroatoms. The van der Waals surface area contributed by atoms with Gasteiger partial charge in [0.25, 0.3) is 0 Å². The van der Waals surface area contributed by atoms with Gasteiger partial charge in [-0.2, -0.15) is 0 Å². The summed E-state index contributed by atoms with van der Waals surface area (Å²) < 4.78 is 17.3. The smallest absolute Gasteiger partial charge is 0.338 e. The zero-order valence-corrected chi connectivity index (χ0v) is 28.6. The van der Waals surface area contributed by atoms with Crippen LogP contribution >= 0.6 is 0 Å². The zero-order chi connectivity index (χ0) is 33.7. The highest BCUT2D eigenvalue weighted by Gasteiger charge is 2.67. The summed E-state index contributed by atoms with van der Waals surface area (Å²) in [5.74, 6) is -1.18. The molecule has 0 amide bonds. The summed E-state index contributed by atoms with van der Waals surface area (Å²) in [4.78, 5) is 50.5. The molecule has 4 aliphatic carbocycles. The Balaban J connectivity index is 1.34. The average Bonchev–Trinajstić information content (AvgIpc) is 3.26. The molecule has 8 nitrogen and oxygen atoms in total. The van der Waals surface area contributed by atoms with Crippen molar-refractivity contribution in [1.82, 2.24) is 0 Å². The fourth-order valence-corrected chi connectivity index (χ4v) is 9.85. The second kappa shape index (κ2) is 12.6. The van der Waals surface area contributed by atoms with Gasteiger partial charge in [-0.1, -0.05) is 39.0 Å². The van der Waals surface area contributed by atoms with Gasteiger partial charge < -0.3 is 19.3 Å². The summed E-state index contributed by atoms with van der Waals surface area (Å²) in [6, 6.07) is 8.90. The molecule has 1 aromatic carbocycles. The molecule has 0 radical (unpaired) electrons. The predicted molar refractivity (Wildman–Crippen MR) is 172 cm³/mol. The van der Waals surface area contributed by atoms with Crippen LogP contribution in [0.1, 0.15) is 117 Å². The number of rotatable bonds is 9. The van der Waals surface area contributed by atoms with Crippen LogP contribution in [0.25, 0.3) is 0 Å². The molecule has 4 aliphatic rings. The van der Waals surface area contributed by atoms with Crippen molar-refractivity contribution in [3.63, 3.8) is 0 Å². The van der Waals surface area contributed by atoms with Crippen LogP contribution in [0.15, 0.2) is 42.0 Å². The minimum Gasteiger partial charge on any atom is -0.463 e. The molecule has 46 heavy (non-hydrogen) atoms. The molecule has 0 aromatic heterocycles. The molecule has 3 saturated carbocycles. The SMILES string of the molecule is CC(=O)O[C@H]1CC[C@@]2(C)[C@H](C1)C(=O)C=C1[C@@H]2CC[C@]2(C)[C@@H]([C@H](C)[C@@H](CCC(C)(C)OC(=O)c3ccccc3)OC(C)=O)CC[C@@]12O. The number of ether oxygens (including phenoxy) is 3. The van der Waals surface area contributed by atoms with E-state index in [0.29, 0.717) is 31.2 Å². The Bertz CT molecular complexity index is 1380. The Kier molecular flexibility index (Phi) is 9.37. The summed E-state index contributed by atoms with van der Waals surface area (Å²) in [5.41, 5.74) is -1.33. The van der Waals surface area contributed by atoms with E-state index < -0.39 is 22.7 Å². The number of allylic oxidation sites excluding steroid dienone is 1. The van der Waals surface area contributed by atoms with Crippen molar-refractivity contribution >= 4 is 23.7 Å². The number of ketones is 1. The molecular weight excluding hydrogens is 584 g/mol. The van der Waals surface area contributed by atoms with E-state index in [-0.39, 0.29) is 58.9 Å². The maximum Gasteiger partial charge on any atom is 0.338 e. The molecule has 0 heterocycles. The maximum absolute atomic E-state index is 13.7. The lowest BCUT2D eigenvalue weighted by Gasteiger charge is -2.60. The number of fused-ring (bicyclic) bond motifs is 5. The van der Waals surface area contributed by atoms with Gasteiger partial charge in [-0.3, -0.25) is 14.4 Å². The summed E-state index contributed by atoms with van der Waals surface area (Å²) in [6.07, 6.45) is 7.09. The van der Waals surface area contributed by atoms with E-state index in [1.54, 1.807) is 30.3 Å². The van der Waals surface area contributed by atoms with Crippen molar-refractivity contribution in [2.24, 2.45) is 34.5 Å². The van der Waals surface area contributed by atoms with Gasteiger partial charge in [-0.15, -0.1) is 0 Å². The fourth-order valence-electron chi connectivity index (χ4n) is 9.85. The molecule has 0 bridgehead atoms. The topological polar surface area (TPSA) is 116 Å². The third-order valence-corrected chi connectivity index (χ3v) is 12.4. The van der Waals surface area contributed by atoms with E-state index in [1.807, 2.05) is 19.9 Å². The summed E-state index contributed by atoms with van der Waals surface area (Å²) in [6.45, 7) is 13.0. The molecular formula is C38H52O8. The summed E-state index contributed by atoms with van der Waals surface area (Å²) in [5, 5.41) is 12.7. The maximum atomic E-state index is 13.7. The minimum atomic E-state index is -1.13. The number of hydrogen-bond acceptors (Lipinski definition) is 8. The van der Waals surface area contributed by atoms with E-state index in [1.165, 1.54) is 13.8 Å². The fraction of sp³-hybridized carbons (Fsp3) is 0.684. The Hall–Kier alpha value is -3.00. The van der Waals surface area contributed by atoms with Crippen LogP contribution in [0.4, 0.5) is 0 Å². The van der Waals surface area contributed by atoms with Crippen LogP contribution in [0.2, 0.25) is 0 Å². The average molecular weight is 637 g/mol. The number of carbonyl (C=O) groups excluding carboxylic acids is 4. The zero-order valence-electron chi connectivity index (χ0n) is 28.6. The molecule has 0 saturated heterocycles. The monoisotopic (exact) mass is 636 g/mol. The number of benzene rings is 1. The number of hydrogen-bond donors (Lipinski definition) is 1. The first-order valence-electron chi connectivity index (χ1n) is 17.1. The quantitative estimate of drug-likeness (QED) is 0.233. The Morgan fingerprint density at radius 3 is 2.33 bits per heavy atom. The largest absolute Gasteiger partial charge is 0.463 e. The Morgan fingerprint density at radius 1 is 0.978 bits per heavy atom. The molecule has 1 N–H and O–H groups in total. The number of carbonyl (C=O) groups is 4. The van der Waals surface area contributed by atoms with Crippen molar-refractivity contribution in [2.45, 2.75) is 130 Å². The van der Waals surface area contributed by atoms with Crippen LogP contribution in [0.5, 0.6) is 0 Å². The molecule has 1 aromatic rings. The van der Waals surface area contributed by atoms with Gasteiger partial charge in [0, 0.05) is 25.2 Å². The lowest BCUT2D eigenvalue weighted by molar-refractivity contribution is -0.160. The van der Waals surface area contributed by atoms with E-state index in [9.17, 15) is 24.3 Å². The van der Waals surface area contributed by atoms with Gasteiger partial charge >= 0.3 is 17.9 Å². The highest BCUT2D eigenvalue weighted by Crippen LogP contribution is 2.68. The molecule has 9 atom stereocenters. The highest BCUT2D eigenvalue weighted by atomic mass is 16.6. The van der Waals surface area contributed by atoms with E-state index in [0.717, 1.165) is 37.7 Å². The summed E-state index contributed by atoms with van der Waals surface area (Å²) in [7, 11) is 0. The third-order valence-electron chi connectivity index (χ3n) is 12.4. The molecule has 0 spiro atoms. The first-order chi connectivity index (χ1) is 21.5. The van der Waals surface area contributed by atoms with Gasteiger partial charge in [-0.25, -0.2) is 4.79 Å². The lowest BCUT2D eigenvalue weighted by atomic mass is 9.46.